The zero-order valence-electron chi connectivity index (χ0n) is 10.4. The second-order valence-electron chi connectivity index (χ2n) is 4.49. The molecule has 0 saturated heterocycles. The number of rotatable bonds is 7. The highest BCUT2D eigenvalue weighted by atomic mass is 16.5. The van der Waals surface area contributed by atoms with Gasteiger partial charge in [-0.1, -0.05) is 25.8 Å². The maximum Gasteiger partial charge on any atom is 0.406 e. The number of hydrogen-bond acceptors (Lipinski definition) is 2. The molecule has 0 heterocycles. The average molecular weight is 225 g/mol. The van der Waals surface area contributed by atoms with E-state index in [9.17, 15) is 4.79 Å². The average Bonchev–Trinajstić information content (AvgIpc) is 2.96. The summed E-state index contributed by atoms with van der Waals surface area (Å²) in [6, 6.07) is 0. The number of alkyl carbamates (subject to hydrolysis) is 1. The fourth-order valence-electron chi connectivity index (χ4n) is 2.52. The van der Waals surface area contributed by atoms with Crippen LogP contribution in [0.25, 0.3) is 0 Å². The lowest BCUT2D eigenvalue weighted by Gasteiger charge is -2.02. The van der Waals surface area contributed by atoms with Gasteiger partial charge in [0.2, 0.25) is 0 Å². The predicted octanol–water partition coefficient (Wildman–Crippen LogP) is 2.97. The van der Waals surface area contributed by atoms with E-state index in [0.717, 1.165) is 18.3 Å². The molecule has 3 heteroatoms. The normalized spacial score (nSPS) is 27.2. The molecule has 1 saturated carbocycles. The van der Waals surface area contributed by atoms with Crippen LogP contribution in [0, 0.1) is 17.8 Å². The van der Waals surface area contributed by atoms with Gasteiger partial charge in [0, 0.05) is 7.05 Å². The summed E-state index contributed by atoms with van der Waals surface area (Å²) in [6.45, 7) is 6.53. The van der Waals surface area contributed by atoms with Crippen molar-refractivity contribution in [3.05, 3.63) is 12.7 Å². The highest BCUT2D eigenvalue weighted by molar-refractivity contribution is 5.66. The van der Waals surface area contributed by atoms with Gasteiger partial charge in [-0.3, -0.25) is 0 Å². The number of carbonyl (C=O) groups is 1. The van der Waals surface area contributed by atoms with E-state index in [1.807, 2.05) is 6.08 Å². The summed E-state index contributed by atoms with van der Waals surface area (Å²) < 4.78 is 5.13. The van der Waals surface area contributed by atoms with E-state index in [1.54, 1.807) is 7.05 Å². The van der Waals surface area contributed by atoms with E-state index in [-0.39, 0.29) is 6.09 Å². The molecule has 0 radical (unpaired) electrons. The molecule has 0 bridgehead atoms. The van der Waals surface area contributed by atoms with Crippen LogP contribution in [-0.2, 0) is 4.74 Å². The number of amides is 1. The second kappa shape index (κ2) is 6.56. The summed E-state index contributed by atoms with van der Waals surface area (Å²) in [5.74, 6) is 2.08. The van der Waals surface area contributed by atoms with E-state index >= 15 is 0 Å². The quantitative estimate of drug-likeness (QED) is 0.676. The molecule has 16 heavy (non-hydrogen) atoms. The molecule has 3 atom stereocenters. The smallest absolute Gasteiger partial charge is 0.406 e. The molecule has 1 aliphatic carbocycles. The third-order valence-electron chi connectivity index (χ3n) is 3.45. The fourth-order valence-corrected chi connectivity index (χ4v) is 2.52. The van der Waals surface area contributed by atoms with Crippen molar-refractivity contribution in [3.8, 4) is 0 Å². The van der Waals surface area contributed by atoms with Crippen molar-refractivity contribution in [2.24, 2.45) is 17.8 Å². The second-order valence-corrected chi connectivity index (χ2v) is 4.49. The van der Waals surface area contributed by atoms with Crippen LogP contribution in [0.1, 0.15) is 32.6 Å². The Bertz CT molecular complexity index is 240. The maximum absolute atomic E-state index is 11.0. The van der Waals surface area contributed by atoms with Crippen molar-refractivity contribution in [2.75, 3.05) is 13.7 Å². The van der Waals surface area contributed by atoms with Crippen LogP contribution in [0.15, 0.2) is 12.7 Å². The first-order chi connectivity index (χ1) is 7.74. The highest BCUT2D eigenvalue weighted by Gasteiger charge is 2.48. The van der Waals surface area contributed by atoms with Crippen molar-refractivity contribution in [1.82, 2.24) is 5.32 Å². The molecular formula is C13H23NO2. The van der Waals surface area contributed by atoms with Gasteiger partial charge in [0.05, 0.1) is 6.61 Å². The first-order valence-electron chi connectivity index (χ1n) is 6.20. The molecule has 1 N–H and O–H groups in total. The van der Waals surface area contributed by atoms with Gasteiger partial charge in [-0.25, -0.2) is 4.79 Å². The van der Waals surface area contributed by atoms with Crippen LogP contribution in [0.4, 0.5) is 4.79 Å². The minimum Gasteiger partial charge on any atom is -0.449 e. The lowest BCUT2D eigenvalue weighted by molar-refractivity contribution is 0.139. The van der Waals surface area contributed by atoms with Gasteiger partial charge >= 0.3 is 6.09 Å². The molecule has 0 spiro atoms. The maximum atomic E-state index is 11.0. The van der Waals surface area contributed by atoms with Crippen LogP contribution in [0.5, 0.6) is 0 Å². The number of carbonyl (C=O) groups excluding carboxylic acids is 1. The lowest BCUT2D eigenvalue weighted by atomic mass is 10.1. The molecule has 0 aromatic rings. The van der Waals surface area contributed by atoms with Gasteiger partial charge in [-0.05, 0) is 30.6 Å². The molecule has 0 aliphatic heterocycles. The van der Waals surface area contributed by atoms with Crippen LogP contribution in [-0.4, -0.2) is 19.7 Å². The molecule has 1 rings (SSSR count). The van der Waals surface area contributed by atoms with Gasteiger partial charge in [0.1, 0.15) is 0 Å². The fraction of sp³-hybridized carbons (Fsp3) is 0.769. The van der Waals surface area contributed by atoms with Gasteiger partial charge < -0.3 is 10.1 Å². The van der Waals surface area contributed by atoms with Crippen LogP contribution >= 0.6 is 0 Å². The third kappa shape index (κ3) is 3.54. The van der Waals surface area contributed by atoms with Gasteiger partial charge in [0.15, 0.2) is 0 Å². The Morgan fingerprint density at radius 2 is 2.06 bits per heavy atom. The summed E-state index contributed by atoms with van der Waals surface area (Å²) >= 11 is 0. The molecule has 1 aliphatic rings. The highest BCUT2D eigenvalue weighted by Crippen LogP contribution is 2.52. The Hall–Kier alpha value is -0.990. The van der Waals surface area contributed by atoms with Crippen molar-refractivity contribution in [1.29, 1.82) is 0 Å². The molecule has 0 unspecified atom stereocenters. The number of ether oxygens (including phenoxy) is 1. The Morgan fingerprint density at radius 1 is 1.38 bits per heavy atom. The van der Waals surface area contributed by atoms with Crippen molar-refractivity contribution in [2.45, 2.75) is 32.6 Å². The predicted molar refractivity (Wildman–Crippen MR) is 65.2 cm³/mol. The van der Waals surface area contributed by atoms with E-state index in [4.69, 9.17) is 4.74 Å². The topological polar surface area (TPSA) is 38.3 Å². The summed E-state index contributed by atoms with van der Waals surface area (Å²) in [5, 5.41) is 2.48. The minimum absolute atomic E-state index is 0.315. The zero-order chi connectivity index (χ0) is 12.0. The van der Waals surface area contributed by atoms with Crippen molar-refractivity contribution >= 4 is 6.09 Å². The first kappa shape index (κ1) is 13.1. The summed E-state index contributed by atoms with van der Waals surface area (Å²) in [5.41, 5.74) is 0. The molecular weight excluding hydrogens is 202 g/mol. The van der Waals surface area contributed by atoms with E-state index in [0.29, 0.717) is 12.5 Å². The first-order valence-corrected chi connectivity index (χ1v) is 6.20. The summed E-state index contributed by atoms with van der Waals surface area (Å²) in [7, 11) is 1.59. The zero-order valence-corrected chi connectivity index (χ0v) is 10.4. The summed E-state index contributed by atoms with van der Waals surface area (Å²) in [4.78, 5) is 11.0. The van der Waals surface area contributed by atoms with Crippen LogP contribution in [0.2, 0.25) is 0 Å². The van der Waals surface area contributed by atoms with E-state index in [1.165, 1.54) is 19.3 Å². The van der Waals surface area contributed by atoms with Gasteiger partial charge in [-0.15, -0.1) is 6.58 Å². The Balaban J connectivity index is 2.28. The standard InChI is InChI=1S/C13H23NO2/c1-4-6-8-11-10(7-5-2)12(11)9-16-13(15)14-3/h4,10-12H,1,5-9H2,2-3H3,(H,14,15)/t10-,11+,12-/m0/s1. The van der Waals surface area contributed by atoms with E-state index in [2.05, 4.69) is 18.8 Å². The molecule has 92 valence electrons. The molecule has 0 aromatic carbocycles. The van der Waals surface area contributed by atoms with Crippen molar-refractivity contribution in [3.63, 3.8) is 0 Å². The number of allylic oxidation sites excluding steroid dienone is 1. The largest absolute Gasteiger partial charge is 0.449 e. The minimum atomic E-state index is -0.315. The Labute approximate surface area is 98.2 Å². The van der Waals surface area contributed by atoms with Gasteiger partial charge in [0.25, 0.3) is 0 Å². The van der Waals surface area contributed by atoms with Crippen LogP contribution in [0.3, 0.4) is 0 Å². The third-order valence-corrected chi connectivity index (χ3v) is 3.45. The van der Waals surface area contributed by atoms with Gasteiger partial charge in [-0.2, -0.15) is 0 Å². The molecule has 0 aromatic heterocycles. The Kier molecular flexibility index (Phi) is 5.36. The van der Waals surface area contributed by atoms with Crippen molar-refractivity contribution < 1.29 is 9.53 Å². The van der Waals surface area contributed by atoms with E-state index < -0.39 is 0 Å². The molecule has 1 amide bonds. The summed E-state index contributed by atoms with van der Waals surface area (Å²) in [6.07, 6.45) is 6.38. The number of nitrogens with one attached hydrogen (secondary N) is 1. The van der Waals surface area contributed by atoms with Crippen LogP contribution < -0.4 is 5.32 Å². The molecule has 3 nitrogen and oxygen atoms in total. The SMILES string of the molecule is C=CCC[C@@H]1[C@H](CCC)[C@@H]1COC(=O)NC. The number of hydrogen-bond donors (Lipinski definition) is 1. The Morgan fingerprint density at radius 3 is 2.62 bits per heavy atom. The monoisotopic (exact) mass is 225 g/mol. The lowest BCUT2D eigenvalue weighted by Crippen LogP contribution is -2.20. The molecule has 1 fully saturated rings.